The number of aromatic nitrogens is 3. The molecule has 0 fully saturated rings. The number of ether oxygens (including phenoxy) is 1. The number of rotatable bonds is 9. The summed E-state index contributed by atoms with van der Waals surface area (Å²) >= 11 is 0. The topological polar surface area (TPSA) is 101 Å². The second-order valence-electron chi connectivity index (χ2n) is 7.70. The van der Waals surface area contributed by atoms with E-state index in [1.807, 2.05) is 80.7 Å². The molecule has 4 rings (SSSR count). The third-order valence-electron chi connectivity index (χ3n) is 4.87. The van der Waals surface area contributed by atoms with Gasteiger partial charge < -0.3 is 9.15 Å². The lowest BCUT2D eigenvalue weighted by atomic mass is 10.1. The summed E-state index contributed by atoms with van der Waals surface area (Å²) in [6.07, 6.45) is 5.24. The van der Waals surface area contributed by atoms with Crippen molar-refractivity contribution in [1.29, 1.82) is 5.26 Å². The fraction of sp³-hybridized carbons (Fsp3) is 0.154. The van der Waals surface area contributed by atoms with Crippen molar-refractivity contribution in [2.24, 2.45) is 5.10 Å². The van der Waals surface area contributed by atoms with Crippen LogP contribution in [0.1, 0.15) is 36.9 Å². The van der Waals surface area contributed by atoms with Crippen LogP contribution < -0.4 is 10.2 Å². The van der Waals surface area contributed by atoms with Crippen molar-refractivity contribution in [3.05, 3.63) is 90.6 Å². The van der Waals surface area contributed by atoms with Gasteiger partial charge in [0.2, 0.25) is 11.6 Å². The summed E-state index contributed by atoms with van der Waals surface area (Å²) in [5, 5.41) is 18.4. The van der Waals surface area contributed by atoms with E-state index in [1.165, 1.54) is 0 Å². The van der Waals surface area contributed by atoms with Gasteiger partial charge >= 0.3 is 0 Å². The fourth-order valence-corrected chi connectivity index (χ4v) is 3.18. The summed E-state index contributed by atoms with van der Waals surface area (Å²) in [7, 11) is 0. The molecule has 0 saturated carbocycles. The predicted molar refractivity (Wildman–Crippen MR) is 131 cm³/mol. The van der Waals surface area contributed by atoms with Gasteiger partial charge in [0, 0.05) is 23.2 Å². The van der Waals surface area contributed by atoms with Crippen molar-refractivity contribution in [2.45, 2.75) is 19.8 Å². The molecule has 0 saturated heterocycles. The standard InChI is InChI=1S/C26H24N6O2/c1-4-14-33-22-12-10-19(11-13-22)24-20(17-32(31-24)21-8-6-5-7-9-21)16-28-30-26-23(15-27)29-25(34-26)18(2)3/h4-13,16-18,30H,1,14H2,2-3H3. The number of hydrazone groups is 1. The Morgan fingerprint density at radius 2 is 1.97 bits per heavy atom. The third kappa shape index (κ3) is 5.05. The monoisotopic (exact) mass is 452 g/mol. The second-order valence-corrected chi connectivity index (χ2v) is 7.70. The Labute approximate surface area is 197 Å². The summed E-state index contributed by atoms with van der Waals surface area (Å²) in [5.74, 6) is 1.49. The quantitative estimate of drug-likeness (QED) is 0.203. The van der Waals surface area contributed by atoms with Crippen LogP contribution in [0.15, 0.2) is 83.0 Å². The fourth-order valence-electron chi connectivity index (χ4n) is 3.18. The Kier molecular flexibility index (Phi) is 6.84. The highest BCUT2D eigenvalue weighted by molar-refractivity contribution is 5.89. The van der Waals surface area contributed by atoms with E-state index >= 15 is 0 Å². The molecule has 0 aliphatic heterocycles. The molecule has 1 N–H and O–H groups in total. The first-order valence-corrected chi connectivity index (χ1v) is 10.8. The predicted octanol–water partition coefficient (Wildman–Crippen LogP) is 5.53. The van der Waals surface area contributed by atoms with Crippen molar-refractivity contribution < 1.29 is 9.15 Å². The lowest BCUT2D eigenvalue weighted by molar-refractivity contribution is 0.363. The largest absolute Gasteiger partial charge is 0.490 e. The van der Waals surface area contributed by atoms with Crippen molar-refractivity contribution in [1.82, 2.24) is 14.8 Å². The number of anilines is 1. The Morgan fingerprint density at radius 3 is 2.65 bits per heavy atom. The first kappa shape index (κ1) is 22.6. The Balaban J connectivity index is 1.65. The van der Waals surface area contributed by atoms with Crippen LogP contribution >= 0.6 is 0 Å². The van der Waals surface area contributed by atoms with E-state index in [1.54, 1.807) is 17.0 Å². The van der Waals surface area contributed by atoms with E-state index in [0.29, 0.717) is 12.5 Å². The number of oxazole rings is 1. The third-order valence-corrected chi connectivity index (χ3v) is 4.87. The highest BCUT2D eigenvalue weighted by Gasteiger charge is 2.15. The lowest BCUT2D eigenvalue weighted by Gasteiger charge is -2.04. The highest BCUT2D eigenvalue weighted by Crippen LogP contribution is 2.26. The molecule has 4 aromatic rings. The van der Waals surface area contributed by atoms with E-state index in [4.69, 9.17) is 14.3 Å². The van der Waals surface area contributed by atoms with E-state index in [0.717, 1.165) is 28.3 Å². The average Bonchev–Trinajstić information content (AvgIpc) is 3.48. The minimum absolute atomic E-state index is 0.0563. The molecule has 170 valence electrons. The molecule has 8 nitrogen and oxygen atoms in total. The smallest absolute Gasteiger partial charge is 0.252 e. The van der Waals surface area contributed by atoms with E-state index in [9.17, 15) is 5.26 Å². The first-order valence-electron chi connectivity index (χ1n) is 10.8. The number of nitrogens with one attached hydrogen (secondary N) is 1. The zero-order valence-corrected chi connectivity index (χ0v) is 19.0. The Morgan fingerprint density at radius 1 is 1.21 bits per heavy atom. The number of nitrogens with zero attached hydrogens (tertiary/aromatic N) is 5. The zero-order chi connectivity index (χ0) is 23.9. The maximum Gasteiger partial charge on any atom is 0.252 e. The maximum absolute atomic E-state index is 9.34. The van der Waals surface area contributed by atoms with Gasteiger partial charge in [0.05, 0.1) is 11.9 Å². The van der Waals surface area contributed by atoms with E-state index in [-0.39, 0.29) is 17.5 Å². The van der Waals surface area contributed by atoms with E-state index < -0.39 is 0 Å². The average molecular weight is 453 g/mol. The molecule has 0 atom stereocenters. The Hall–Kier alpha value is -4.64. The van der Waals surface area contributed by atoms with Crippen molar-refractivity contribution in [3.8, 4) is 28.8 Å². The number of nitriles is 1. The minimum atomic E-state index is 0.0563. The first-order chi connectivity index (χ1) is 16.6. The maximum atomic E-state index is 9.34. The van der Waals surface area contributed by atoms with Gasteiger partial charge in [-0.05, 0) is 36.4 Å². The van der Waals surface area contributed by atoms with Crippen LogP contribution in [0.2, 0.25) is 0 Å². The normalized spacial score (nSPS) is 11.0. The molecule has 0 unspecified atom stereocenters. The second kappa shape index (κ2) is 10.3. The molecule has 0 aliphatic rings. The van der Waals surface area contributed by atoms with Crippen LogP contribution in [0.3, 0.4) is 0 Å². The SMILES string of the molecule is C=CCOc1ccc(-c2nn(-c3ccccc3)cc2C=NNc2oc(C(C)C)nc2C#N)cc1. The molecule has 2 heterocycles. The summed E-state index contributed by atoms with van der Waals surface area (Å²) in [4.78, 5) is 4.19. The van der Waals surface area contributed by atoms with Gasteiger partial charge in [-0.25, -0.2) is 15.1 Å². The molecule has 2 aromatic carbocycles. The molecule has 0 radical (unpaired) electrons. The van der Waals surface area contributed by atoms with Crippen LogP contribution in [0.5, 0.6) is 5.75 Å². The molecular weight excluding hydrogens is 428 g/mol. The molecular formula is C26H24N6O2. The molecule has 2 aromatic heterocycles. The van der Waals surface area contributed by atoms with Crippen molar-refractivity contribution in [3.63, 3.8) is 0 Å². The number of para-hydroxylation sites is 1. The summed E-state index contributed by atoms with van der Waals surface area (Å²) in [6.45, 7) is 7.99. The van der Waals surface area contributed by atoms with Crippen LogP contribution in [0.25, 0.3) is 16.9 Å². The van der Waals surface area contributed by atoms with E-state index in [2.05, 4.69) is 22.1 Å². The molecule has 0 spiro atoms. The lowest BCUT2D eigenvalue weighted by Crippen LogP contribution is -1.94. The van der Waals surface area contributed by atoms with Crippen LogP contribution in [0.4, 0.5) is 5.88 Å². The molecule has 0 amide bonds. The zero-order valence-electron chi connectivity index (χ0n) is 19.0. The summed E-state index contributed by atoms with van der Waals surface area (Å²) in [6, 6.07) is 19.5. The van der Waals surface area contributed by atoms with Gasteiger partial charge in [0.15, 0.2) is 0 Å². The van der Waals surface area contributed by atoms with Crippen LogP contribution in [-0.2, 0) is 0 Å². The van der Waals surface area contributed by atoms with Gasteiger partial charge in [-0.15, -0.1) is 0 Å². The van der Waals surface area contributed by atoms with Gasteiger partial charge in [0.1, 0.15) is 24.1 Å². The number of hydrogen-bond acceptors (Lipinski definition) is 7. The molecule has 0 bridgehead atoms. The van der Waals surface area contributed by atoms with Crippen molar-refractivity contribution >= 4 is 12.1 Å². The van der Waals surface area contributed by atoms with Gasteiger partial charge in [-0.3, -0.25) is 0 Å². The summed E-state index contributed by atoms with van der Waals surface area (Å²) in [5.41, 5.74) is 6.31. The van der Waals surface area contributed by atoms with Gasteiger partial charge in [-0.1, -0.05) is 44.7 Å². The van der Waals surface area contributed by atoms with Crippen molar-refractivity contribution in [2.75, 3.05) is 12.0 Å². The summed E-state index contributed by atoms with van der Waals surface area (Å²) < 4.78 is 13.0. The number of hydrogen-bond donors (Lipinski definition) is 1. The molecule has 8 heteroatoms. The van der Waals surface area contributed by atoms with Crippen LogP contribution in [-0.4, -0.2) is 27.6 Å². The van der Waals surface area contributed by atoms with Crippen LogP contribution in [0, 0.1) is 11.3 Å². The number of benzene rings is 2. The van der Waals surface area contributed by atoms with Gasteiger partial charge in [-0.2, -0.15) is 15.5 Å². The highest BCUT2D eigenvalue weighted by atomic mass is 16.5. The minimum Gasteiger partial charge on any atom is -0.490 e. The molecule has 0 aliphatic carbocycles. The molecule has 34 heavy (non-hydrogen) atoms. The van der Waals surface area contributed by atoms with Gasteiger partial charge in [0.25, 0.3) is 5.88 Å². The Bertz CT molecular complexity index is 1330.